The van der Waals surface area contributed by atoms with E-state index in [4.69, 9.17) is 21.1 Å². The van der Waals surface area contributed by atoms with Crippen LogP contribution < -0.4 is 4.72 Å². The molecule has 0 saturated carbocycles. The van der Waals surface area contributed by atoms with Crippen LogP contribution in [0.3, 0.4) is 0 Å². The Hall–Kier alpha value is -1.19. The molecule has 0 aliphatic carbocycles. The molecule has 2 fully saturated rings. The van der Waals surface area contributed by atoms with Gasteiger partial charge in [0.15, 0.2) is 0 Å². The van der Waals surface area contributed by atoms with E-state index >= 15 is 0 Å². The number of amides is 1. The summed E-state index contributed by atoms with van der Waals surface area (Å²) in [5.74, 6) is -0.211. The lowest BCUT2D eigenvalue weighted by Crippen LogP contribution is -2.43. The van der Waals surface area contributed by atoms with Crippen LogP contribution in [0.1, 0.15) is 43.0 Å². The van der Waals surface area contributed by atoms with Crippen molar-refractivity contribution in [3.8, 4) is 0 Å². The average Bonchev–Trinajstić information content (AvgIpc) is 3.20. The maximum Gasteiger partial charge on any atom is 0.253 e. The van der Waals surface area contributed by atoms with Crippen molar-refractivity contribution in [3.63, 3.8) is 0 Å². The highest BCUT2D eigenvalue weighted by Crippen LogP contribution is 2.25. The Kier molecular flexibility index (Phi) is 7.33. The first-order valence-corrected chi connectivity index (χ1v) is 11.6. The van der Waals surface area contributed by atoms with Gasteiger partial charge in [-0.2, -0.15) is 0 Å². The Morgan fingerprint density at radius 3 is 2.89 bits per heavy atom. The van der Waals surface area contributed by atoms with E-state index < -0.39 is 10.0 Å². The first-order chi connectivity index (χ1) is 13.4. The number of hydrogen-bond donors (Lipinski definition) is 1. The lowest BCUT2D eigenvalue weighted by atomic mass is 10.1. The molecule has 2 unspecified atom stereocenters. The summed E-state index contributed by atoms with van der Waals surface area (Å²) in [5, 5.41) is 0.0854. The molecule has 1 aromatic rings. The molecule has 1 aromatic carbocycles. The second-order valence-electron chi connectivity index (χ2n) is 7.10. The molecule has 1 N–H and O–H groups in total. The summed E-state index contributed by atoms with van der Waals surface area (Å²) in [5.41, 5.74) is 0.305. The van der Waals surface area contributed by atoms with Crippen molar-refractivity contribution in [3.05, 3.63) is 28.8 Å². The van der Waals surface area contributed by atoms with Gasteiger partial charge in [-0.3, -0.25) is 4.79 Å². The fourth-order valence-corrected chi connectivity index (χ4v) is 5.19. The van der Waals surface area contributed by atoms with Crippen LogP contribution in [0.5, 0.6) is 0 Å². The number of nitrogens with zero attached hydrogens (tertiary/aromatic N) is 1. The van der Waals surface area contributed by atoms with Gasteiger partial charge in [-0.1, -0.05) is 11.6 Å². The highest BCUT2D eigenvalue weighted by atomic mass is 35.5. The molecule has 0 bridgehead atoms. The normalized spacial score (nSPS) is 23.1. The van der Waals surface area contributed by atoms with Gasteiger partial charge < -0.3 is 14.4 Å². The van der Waals surface area contributed by atoms with E-state index in [2.05, 4.69) is 4.72 Å². The van der Waals surface area contributed by atoms with Crippen molar-refractivity contribution < 1.29 is 22.7 Å². The number of halogens is 1. The number of rotatable bonds is 7. The quantitative estimate of drug-likeness (QED) is 0.718. The second-order valence-corrected chi connectivity index (χ2v) is 9.25. The Labute approximate surface area is 171 Å². The fraction of sp³-hybridized carbons (Fsp3) is 0.632. The van der Waals surface area contributed by atoms with E-state index in [9.17, 15) is 13.2 Å². The molecule has 28 heavy (non-hydrogen) atoms. The summed E-state index contributed by atoms with van der Waals surface area (Å²) in [4.78, 5) is 14.5. The summed E-state index contributed by atoms with van der Waals surface area (Å²) in [6.45, 7) is 4.51. The molecule has 2 atom stereocenters. The van der Waals surface area contributed by atoms with Crippen molar-refractivity contribution in [2.75, 3.05) is 32.8 Å². The molecule has 0 spiro atoms. The van der Waals surface area contributed by atoms with Crippen LogP contribution in [0.2, 0.25) is 5.02 Å². The number of sulfonamides is 1. The summed E-state index contributed by atoms with van der Waals surface area (Å²) in [7, 11) is -3.84. The number of hydrogen-bond acceptors (Lipinski definition) is 5. The van der Waals surface area contributed by atoms with Gasteiger partial charge in [0.2, 0.25) is 10.0 Å². The molecule has 9 heteroatoms. The molecule has 3 rings (SSSR count). The third-order valence-electron chi connectivity index (χ3n) is 5.06. The molecule has 1 amide bonds. The van der Waals surface area contributed by atoms with Crippen LogP contribution in [0.25, 0.3) is 0 Å². The number of carbonyl (C=O) groups is 1. The minimum absolute atomic E-state index is 0.0197. The van der Waals surface area contributed by atoms with E-state index in [1.165, 1.54) is 12.1 Å². The van der Waals surface area contributed by atoms with Gasteiger partial charge in [-0.05, 0) is 50.8 Å². The van der Waals surface area contributed by atoms with Gasteiger partial charge in [-0.15, -0.1) is 0 Å². The Morgan fingerprint density at radius 2 is 2.18 bits per heavy atom. The molecular formula is C19H27ClN2O5S. The SMILES string of the molecule is CCOC1CCCN(C(=O)c2ccc(Cl)c(S(=O)(=O)NCC3CCCO3)c2)C1. The molecule has 156 valence electrons. The number of carbonyl (C=O) groups excluding carboxylic acids is 1. The summed E-state index contributed by atoms with van der Waals surface area (Å²) < 4.78 is 39.0. The lowest BCUT2D eigenvalue weighted by Gasteiger charge is -2.32. The molecule has 2 heterocycles. The number of ether oxygens (including phenoxy) is 2. The van der Waals surface area contributed by atoms with Crippen molar-refractivity contribution in [1.29, 1.82) is 0 Å². The first-order valence-electron chi connectivity index (χ1n) is 9.72. The fourth-order valence-electron chi connectivity index (χ4n) is 3.61. The molecule has 2 saturated heterocycles. The molecule has 2 aliphatic rings. The summed E-state index contributed by atoms with van der Waals surface area (Å²) >= 11 is 6.14. The number of likely N-dealkylation sites (tertiary alicyclic amines) is 1. The predicted octanol–water partition coefficient (Wildman–Crippen LogP) is 2.44. The Balaban J connectivity index is 1.73. The maximum absolute atomic E-state index is 12.9. The van der Waals surface area contributed by atoms with Crippen molar-refractivity contribution in [1.82, 2.24) is 9.62 Å². The van der Waals surface area contributed by atoms with Crippen LogP contribution in [0, 0.1) is 0 Å². The second kappa shape index (κ2) is 9.54. The number of piperidine rings is 1. The Morgan fingerprint density at radius 1 is 1.36 bits per heavy atom. The minimum atomic E-state index is -3.84. The van der Waals surface area contributed by atoms with Gasteiger partial charge in [0, 0.05) is 38.4 Å². The predicted molar refractivity (Wildman–Crippen MR) is 106 cm³/mol. The topological polar surface area (TPSA) is 84.9 Å². The summed E-state index contributed by atoms with van der Waals surface area (Å²) in [6, 6.07) is 4.38. The van der Waals surface area contributed by atoms with Gasteiger partial charge in [0.1, 0.15) is 4.90 Å². The van der Waals surface area contributed by atoms with Crippen LogP contribution in [0.15, 0.2) is 23.1 Å². The molecule has 0 aromatic heterocycles. The van der Waals surface area contributed by atoms with Crippen LogP contribution in [-0.2, 0) is 19.5 Å². The molecule has 2 aliphatic heterocycles. The van der Waals surface area contributed by atoms with Crippen molar-refractivity contribution in [2.24, 2.45) is 0 Å². The van der Waals surface area contributed by atoms with E-state index in [-0.39, 0.29) is 34.6 Å². The lowest BCUT2D eigenvalue weighted by molar-refractivity contribution is 0.00723. The monoisotopic (exact) mass is 430 g/mol. The molecule has 7 nitrogen and oxygen atoms in total. The van der Waals surface area contributed by atoms with Gasteiger partial charge >= 0.3 is 0 Å². The van der Waals surface area contributed by atoms with Crippen molar-refractivity contribution in [2.45, 2.75) is 49.7 Å². The summed E-state index contributed by atoms with van der Waals surface area (Å²) in [6.07, 6.45) is 3.43. The van der Waals surface area contributed by atoms with Gasteiger partial charge in [-0.25, -0.2) is 13.1 Å². The standard InChI is InChI=1S/C19H27ClN2O5S/c1-2-26-16-5-3-9-22(13-16)19(23)14-7-8-17(20)18(11-14)28(24,25)21-12-15-6-4-10-27-15/h7-8,11,15-16,21H,2-6,9-10,12-13H2,1H3. The smallest absolute Gasteiger partial charge is 0.253 e. The van der Waals surface area contributed by atoms with Crippen molar-refractivity contribution >= 4 is 27.5 Å². The molecular weight excluding hydrogens is 404 g/mol. The largest absolute Gasteiger partial charge is 0.377 e. The van der Waals surface area contributed by atoms with Gasteiger partial charge in [0.05, 0.1) is 17.2 Å². The zero-order chi connectivity index (χ0) is 20.1. The highest BCUT2D eigenvalue weighted by molar-refractivity contribution is 7.89. The van der Waals surface area contributed by atoms with Crippen LogP contribution >= 0.6 is 11.6 Å². The molecule has 0 radical (unpaired) electrons. The number of nitrogens with one attached hydrogen (secondary N) is 1. The third kappa shape index (κ3) is 5.24. The Bertz CT molecular complexity index is 794. The highest BCUT2D eigenvalue weighted by Gasteiger charge is 2.27. The van der Waals surface area contributed by atoms with Gasteiger partial charge in [0.25, 0.3) is 5.91 Å². The van der Waals surface area contributed by atoms with E-state index in [0.29, 0.717) is 31.9 Å². The van der Waals surface area contributed by atoms with E-state index in [1.807, 2.05) is 6.92 Å². The maximum atomic E-state index is 12.9. The van der Waals surface area contributed by atoms with Crippen LogP contribution in [-0.4, -0.2) is 64.3 Å². The van der Waals surface area contributed by atoms with Crippen LogP contribution in [0.4, 0.5) is 0 Å². The first kappa shape index (κ1) is 21.5. The average molecular weight is 431 g/mol. The van der Waals surface area contributed by atoms with E-state index in [0.717, 1.165) is 25.7 Å². The number of benzene rings is 1. The van der Waals surface area contributed by atoms with E-state index in [1.54, 1.807) is 11.0 Å². The zero-order valence-corrected chi connectivity index (χ0v) is 17.6. The third-order valence-corrected chi connectivity index (χ3v) is 6.97. The minimum Gasteiger partial charge on any atom is -0.377 e. The zero-order valence-electron chi connectivity index (χ0n) is 16.0.